The summed E-state index contributed by atoms with van der Waals surface area (Å²) in [5.41, 5.74) is 0.658. The first-order valence-corrected chi connectivity index (χ1v) is 11.7. The number of sulfonamides is 1. The summed E-state index contributed by atoms with van der Waals surface area (Å²) in [6.07, 6.45) is 0.0556. The third-order valence-electron chi connectivity index (χ3n) is 6.08. The van der Waals surface area contributed by atoms with Gasteiger partial charge in [0.2, 0.25) is 10.0 Å². The van der Waals surface area contributed by atoms with Crippen LogP contribution in [0.3, 0.4) is 0 Å². The van der Waals surface area contributed by atoms with E-state index in [1.165, 1.54) is 9.21 Å². The molecule has 0 atom stereocenters. The number of carbonyl (C=O) groups excluding carboxylic acids is 1. The minimum atomic E-state index is -3.70. The molecule has 1 saturated heterocycles. The predicted octanol–water partition coefficient (Wildman–Crippen LogP) is 4.43. The summed E-state index contributed by atoms with van der Waals surface area (Å²) >= 11 is 0. The number of hydrogen-bond acceptors (Lipinski definition) is 4. The van der Waals surface area contributed by atoms with Gasteiger partial charge in [-0.1, -0.05) is 30.3 Å². The first-order valence-electron chi connectivity index (χ1n) is 10.3. The molecule has 166 valence electrons. The van der Waals surface area contributed by atoms with Gasteiger partial charge in [-0.2, -0.15) is 4.31 Å². The van der Waals surface area contributed by atoms with Gasteiger partial charge in [-0.05, 0) is 41.8 Å². The lowest BCUT2D eigenvalue weighted by Gasteiger charge is -2.39. The molecule has 0 radical (unpaired) electrons. The normalized spacial score (nSPS) is 17.9. The fourth-order valence-corrected chi connectivity index (χ4v) is 5.89. The van der Waals surface area contributed by atoms with E-state index in [-0.39, 0.29) is 36.3 Å². The van der Waals surface area contributed by atoms with Crippen molar-refractivity contribution in [1.82, 2.24) is 4.31 Å². The Morgan fingerprint density at radius 3 is 2.34 bits per heavy atom. The number of amides is 1. The first kappa shape index (κ1) is 20.8. The fourth-order valence-electron chi connectivity index (χ4n) is 4.39. The van der Waals surface area contributed by atoms with Gasteiger partial charge in [0.25, 0.3) is 0 Å². The summed E-state index contributed by atoms with van der Waals surface area (Å²) < 4.78 is 60.4. The average Bonchev–Trinajstić information content (AvgIpc) is 2.80. The lowest BCUT2D eigenvalue weighted by molar-refractivity contribution is 0.135. The maximum Gasteiger partial charge on any atom is 0.414 e. The second kappa shape index (κ2) is 7.83. The van der Waals surface area contributed by atoms with E-state index in [2.05, 4.69) is 0 Å². The summed E-state index contributed by atoms with van der Waals surface area (Å²) in [5, 5.41) is 1.79. The molecule has 2 aliphatic rings. The van der Waals surface area contributed by atoms with Gasteiger partial charge in [-0.25, -0.2) is 22.0 Å². The van der Waals surface area contributed by atoms with Gasteiger partial charge < -0.3 is 4.74 Å². The van der Waals surface area contributed by atoms with Crippen molar-refractivity contribution in [2.75, 3.05) is 18.0 Å². The Hall–Kier alpha value is -3.04. The number of cyclic esters (lactones) is 1. The third kappa shape index (κ3) is 3.51. The molecular weight excluding hydrogens is 438 g/mol. The molecule has 6 nitrogen and oxygen atoms in total. The number of nitrogens with zero attached hydrogens (tertiary/aromatic N) is 2. The zero-order chi connectivity index (χ0) is 22.5. The van der Waals surface area contributed by atoms with Crippen LogP contribution in [0, 0.1) is 11.6 Å². The van der Waals surface area contributed by atoms with Crippen LogP contribution in [0.4, 0.5) is 19.3 Å². The van der Waals surface area contributed by atoms with Crippen LogP contribution in [0.1, 0.15) is 18.4 Å². The van der Waals surface area contributed by atoms with Gasteiger partial charge in [0, 0.05) is 30.8 Å². The van der Waals surface area contributed by atoms with E-state index in [0.717, 1.165) is 22.9 Å². The van der Waals surface area contributed by atoms with E-state index in [9.17, 15) is 22.0 Å². The largest absolute Gasteiger partial charge is 0.444 e. The molecule has 5 rings (SSSR count). The summed E-state index contributed by atoms with van der Waals surface area (Å²) in [4.78, 5) is 14.0. The molecule has 2 heterocycles. The summed E-state index contributed by atoms with van der Waals surface area (Å²) in [5.74, 6) is -2.04. The maximum atomic E-state index is 13.8. The Kier molecular flexibility index (Phi) is 5.10. The molecule has 1 fully saturated rings. The molecular formula is C23H20F2N2O4S. The topological polar surface area (TPSA) is 66.9 Å². The average molecular weight is 458 g/mol. The first-order chi connectivity index (χ1) is 15.3. The molecule has 0 saturated carbocycles. The summed E-state index contributed by atoms with van der Waals surface area (Å²) in [6, 6.07) is 14.2. The van der Waals surface area contributed by atoms with Gasteiger partial charge >= 0.3 is 6.09 Å². The van der Waals surface area contributed by atoms with Crippen molar-refractivity contribution in [3.8, 4) is 0 Å². The number of rotatable bonds is 3. The van der Waals surface area contributed by atoms with Crippen molar-refractivity contribution in [2.24, 2.45) is 0 Å². The number of carbonyl (C=O) groups is 1. The van der Waals surface area contributed by atoms with Crippen LogP contribution in [0.25, 0.3) is 10.8 Å². The number of anilines is 1. The van der Waals surface area contributed by atoms with E-state index in [0.29, 0.717) is 18.4 Å². The molecule has 3 aromatic carbocycles. The quantitative estimate of drug-likeness (QED) is 0.583. The van der Waals surface area contributed by atoms with Crippen LogP contribution in [0.5, 0.6) is 0 Å². The van der Waals surface area contributed by atoms with E-state index < -0.39 is 27.8 Å². The lowest BCUT2D eigenvalue weighted by Crippen LogP contribution is -2.50. The minimum Gasteiger partial charge on any atom is -0.444 e. The second-order valence-corrected chi connectivity index (χ2v) is 9.90. The van der Waals surface area contributed by atoms with Gasteiger partial charge in [-0.3, -0.25) is 4.90 Å². The molecule has 32 heavy (non-hydrogen) atoms. The molecule has 3 aromatic rings. The number of ether oxygens (including phenoxy) is 1. The number of fused-ring (bicyclic) bond motifs is 2. The van der Waals surface area contributed by atoms with Crippen LogP contribution in [0.15, 0.2) is 59.5 Å². The Labute approximate surface area is 184 Å². The van der Waals surface area contributed by atoms with Crippen LogP contribution >= 0.6 is 0 Å². The van der Waals surface area contributed by atoms with E-state index >= 15 is 0 Å². The Morgan fingerprint density at radius 1 is 0.906 bits per heavy atom. The monoisotopic (exact) mass is 458 g/mol. The van der Waals surface area contributed by atoms with Gasteiger partial charge in [0.1, 0.15) is 6.61 Å². The van der Waals surface area contributed by atoms with Crippen molar-refractivity contribution < 1.29 is 26.7 Å². The van der Waals surface area contributed by atoms with E-state index in [1.807, 2.05) is 24.3 Å². The van der Waals surface area contributed by atoms with Crippen molar-refractivity contribution in [3.63, 3.8) is 0 Å². The molecule has 0 bridgehead atoms. The van der Waals surface area contributed by atoms with Gasteiger partial charge in [-0.15, -0.1) is 0 Å². The van der Waals surface area contributed by atoms with Crippen molar-refractivity contribution in [3.05, 3.63) is 71.8 Å². The Bertz CT molecular complexity index is 1320. The highest BCUT2D eigenvalue weighted by Gasteiger charge is 2.37. The van der Waals surface area contributed by atoms with Crippen molar-refractivity contribution in [1.29, 1.82) is 0 Å². The second-order valence-electron chi connectivity index (χ2n) is 7.96. The number of halogens is 2. The Morgan fingerprint density at radius 2 is 1.59 bits per heavy atom. The maximum absolute atomic E-state index is 13.8. The van der Waals surface area contributed by atoms with E-state index in [1.54, 1.807) is 18.2 Å². The number of benzene rings is 3. The highest BCUT2D eigenvalue weighted by atomic mass is 32.2. The molecule has 9 heteroatoms. The Balaban J connectivity index is 1.37. The lowest BCUT2D eigenvalue weighted by atomic mass is 10.0. The molecule has 0 unspecified atom stereocenters. The zero-order valence-corrected chi connectivity index (χ0v) is 17.8. The molecule has 1 amide bonds. The van der Waals surface area contributed by atoms with Crippen LogP contribution < -0.4 is 4.90 Å². The van der Waals surface area contributed by atoms with Crippen molar-refractivity contribution >= 4 is 32.6 Å². The standard InChI is InChI=1S/C23H20F2N2O4S/c24-20-12-17-14-31-23(28)27(22(17)13-21(20)25)18-7-9-26(10-8-18)32(29,30)19-6-5-15-3-1-2-4-16(15)11-19/h1-6,11-13,18H,7-10,14H2. The fraction of sp³-hybridized carbons (Fsp3) is 0.261. The predicted molar refractivity (Wildman–Crippen MR) is 115 cm³/mol. The molecule has 0 aliphatic carbocycles. The molecule has 0 N–H and O–H groups in total. The van der Waals surface area contributed by atoms with Gasteiger partial charge in [0.05, 0.1) is 10.6 Å². The van der Waals surface area contributed by atoms with Crippen molar-refractivity contribution in [2.45, 2.75) is 30.4 Å². The smallest absolute Gasteiger partial charge is 0.414 e. The number of hydrogen-bond donors (Lipinski definition) is 0. The minimum absolute atomic E-state index is 0.128. The summed E-state index contributed by atoms with van der Waals surface area (Å²) in [6.45, 7) is 0.266. The highest BCUT2D eigenvalue weighted by Crippen LogP contribution is 2.34. The van der Waals surface area contributed by atoms with Crippen LogP contribution in [-0.2, 0) is 21.4 Å². The van der Waals surface area contributed by atoms with E-state index in [4.69, 9.17) is 4.74 Å². The third-order valence-corrected chi connectivity index (χ3v) is 7.97. The highest BCUT2D eigenvalue weighted by molar-refractivity contribution is 7.89. The van der Waals surface area contributed by atoms with Crippen LogP contribution in [0.2, 0.25) is 0 Å². The molecule has 2 aliphatic heterocycles. The molecule has 0 aromatic heterocycles. The SMILES string of the molecule is O=C1OCc2cc(F)c(F)cc2N1C1CCN(S(=O)(=O)c2ccc3ccccc3c2)CC1. The summed E-state index contributed by atoms with van der Waals surface area (Å²) in [7, 11) is -3.70. The van der Waals surface area contributed by atoms with Gasteiger partial charge in [0.15, 0.2) is 11.6 Å². The molecule has 0 spiro atoms. The number of piperidine rings is 1. The van der Waals surface area contributed by atoms with Crippen LogP contribution in [-0.4, -0.2) is 37.9 Å². The zero-order valence-electron chi connectivity index (χ0n) is 17.0.